The minimum atomic E-state index is 0.227. The number of aliphatic hydroxyl groups excluding tert-OH is 1. The van der Waals surface area contributed by atoms with E-state index in [4.69, 9.17) is 16.7 Å². The summed E-state index contributed by atoms with van der Waals surface area (Å²) in [4.78, 5) is 2.33. The first-order chi connectivity index (χ1) is 9.71. The third-order valence-electron chi connectivity index (χ3n) is 3.58. The molecule has 114 valence electrons. The normalized spacial score (nSPS) is 12.8. The van der Waals surface area contributed by atoms with E-state index < -0.39 is 0 Å². The first kappa shape index (κ1) is 17.4. The van der Waals surface area contributed by atoms with E-state index in [1.807, 2.05) is 25.2 Å². The van der Waals surface area contributed by atoms with Gasteiger partial charge < -0.3 is 15.3 Å². The van der Waals surface area contributed by atoms with Gasteiger partial charge in [0.15, 0.2) is 0 Å². The standard InChI is InChI=1S/C16H27ClN2O/c1-3-4-9-19(11-12-20)10-8-16(18-2)14-6-5-7-15(17)13-14/h5-7,13,16,18,20H,3-4,8-12H2,1-2H3. The van der Waals surface area contributed by atoms with Crippen LogP contribution in [0.5, 0.6) is 0 Å². The van der Waals surface area contributed by atoms with Crippen LogP contribution in [-0.2, 0) is 0 Å². The Kier molecular flexibility index (Phi) is 8.86. The molecule has 0 radical (unpaired) electrons. The van der Waals surface area contributed by atoms with Crippen LogP contribution in [0.3, 0.4) is 0 Å². The molecule has 1 aromatic rings. The number of benzene rings is 1. The second-order valence-corrected chi connectivity index (χ2v) is 5.54. The van der Waals surface area contributed by atoms with E-state index in [9.17, 15) is 0 Å². The molecule has 0 amide bonds. The zero-order valence-electron chi connectivity index (χ0n) is 12.6. The third-order valence-corrected chi connectivity index (χ3v) is 3.81. The molecule has 0 heterocycles. The minimum absolute atomic E-state index is 0.227. The molecule has 0 aromatic heterocycles. The second-order valence-electron chi connectivity index (χ2n) is 5.10. The molecule has 0 aliphatic carbocycles. The predicted octanol–water partition coefficient (Wildman–Crippen LogP) is 3.09. The molecular weight excluding hydrogens is 272 g/mol. The van der Waals surface area contributed by atoms with Crippen LogP contribution in [0.4, 0.5) is 0 Å². The van der Waals surface area contributed by atoms with Crippen molar-refractivity contribution in [2.24, 2.45) is 0 Å². The predicted molar refractivity (Wildman–Crippen MR) is 86.3 cm³/mol. The Bertz CT molecular complexity index is 373. The van der Waals surface area contributed by atoms with E-state index in [1.165, 1.54) is 18.4 Å². The Morgan fingerprint density at radius 1 is 1.30 bits per heavy atom. The Morgan fingerprint density at radius 3 is 2.70 bits per heavy atom. The lowest BCUT2D eigenvalue weighted by Gasteiger charge is -2.24. The molecule has 1 atom stereocenters. The first-order valence-corrected chi connectivity index (χ1v) is 7.85. The number of hydrogen-bond acceptors (Lipinski definition) is 3. The second kappa shape index (κ2) is 10.2. The maximum Gasteiger partial charge on any atom is 0.0558 e. The van der Waals surface area contributed by atoms with E-state index in [0.29, 0.717) is 6.04 Å². The van der Waals surface area contributed by atoms with Gasteiger partial charge >= 0.3 is 0 Å². The topological polar surface area (TPSA) is 35.5 Å². The molecule has 0 aliphatic rings. The fourth-order valence-electron chi connectivity index (χ4n) is 2.37. The largest absolute Gasteiger partial charge is 0.395 e. The van der Waals surface area contributed by atoms with Gasteiger partial charge in [-0.1, -0.05) is 37.1 Å². The lowest BCUT2D eigenvalue weighted by molar-refractivity contribution is 0.188. The maximum atomic E-state index is 9.14. The average molecular weight is 299 g/mol. The summed E-state index contributed by atoms with van der Waals surface area (Å²) in [5.41, 5.74) is 1.22. The number of unbranched alkanes of at least 4 members (excludes halogenated alkanes) is 1. The van der Waals surface area contributed by atoms with Crippen molar-refractivity contribution in [2.45, 2.75) is 32.2 Å². The van der Waals surface area contributed by atoms with Crippen LogP contribution in [0.1, 0.15) is 37.8 Å². The Balaban J connectivity index is 2.54. The van der Waals surface area contributed by atoms with Crippen molar-refractivity contribution in [3.05, 3.63) is 34.9 Å². The lowest BCUT2D eigenvalue weighted by Crippen LogP contribution is -2.31. The van der Waals surface area contributed by atoms with Gasteiger partial charge in [-0.2, -0.15) is 0 Å². The van der Waals surface area contributed by atoms with Crippen molar-refractivity contribution in [1.82, 2.24) is 10.2 Å². The summed E-state index contributed by atoms with van der Waals surface area (Å²) in [6, 6.07) is 8.32. The highest BCUT2D eigenvalue weighted by Crippen LogP contribution is 2.20. The van der Waals surface area contributed by atoms with Crippen molar-refractivity contribution in [2.75, 3.05) is 33.3 Å². The number of aliphatic hydroxyl groups is 1. The summed E-state index contributed by atoms with van der Waals surface area (Å²) < 4.78 is 0. The summed E-state index contributed by atoms with van der Waals surface area (Å²) in [6.45, 7) is 5.22. The highest BCUT2D eigenvalue weighted by molar-refractivity contribution is 6.30. The Labute approximate surface area is 127 Å². The number of hydrogen-bond donors (Lipinski definition) is 2. The molecule has 0 saturated heterocycles. The van der Waals surface area contributed by atoms with Crippen LogP contribution in [0.15, 0.2) is 24.3 Å². The van der Waals surface area contributed by atoms with E-state index in [1.54, 1.807) is 0 Å². The molecule has 1 unspecified atom stereocenters. The van der Waals surface area contributed by atoms with Gasteiger partial charge in [0.1, 0.15) is 0 Å². The minimum Gasteiger partial charge on any atom is -0.395 e. The van der Waals surface area contributed by atoms with Gasteiger partial charge in [0.25, 0.3) is 0 Å². The summed E-state index contributed by atoms with van der Waals surface area (Å²) in [7, 11) is 1.98. The number of nitrogens with zero attached hydrogens (tertiary/aromatic N) is 1. The van der Waals surface area contributed by atoms with Gasteiger partial charge in [0.05, 0.1) is 6.61 Å². The van der Waals surface area contributed by atoms with E-state index in [0.717, 1.165) is 31.1 Å². The smallest absolute Gasteiger partial charge is 0.0558 e. The quantitative estimate of drug-likeness (QED) is 0.697. The molecule has 0 spiro atoms. The molecule has 1 rings (SSSR count). The van der Waals surface area contributed by atoms with Crippen LogP contribution in [0.2, 0.25) is 5.02 Å². The molecule has 1 aromatic carbocycles. The van der Waals surface area contributed by atoms with Crippen LogP contribution in [-0.4, -0.2) is 43.3 Å². The highest BCUT2D eigenvalue weighted by Gasteiger charge is 2.12. The van der Waals surface area contributed by atoms with Crippen molar-refractivity contribution < 1.29 is 5.11 Å². The van der Waals surface area contributed by atoms with Crippen molar-refractivity contribution in [3.8, 4) is 0 Å². The fraction of sp³-hybridized carbons (Fsp3) is 0.625. The van der Waals surface area contributed by atoms with Crippen LogP contribution in [0, 0.1) is 0 Å². The van der Waals surface area contributed by atoms with Crippen molar-refractivity contribution in [3.63, 3.8) is 0 Å². The van der Waals surface area contributed by atoms with Gasteiger partial charge in [-0.25, -0.2) is 0 Å². The number of rotatable bonds is 10. The first-order valence-electron chi connectivity index (χ1n) is 7.47. The third kappa shape index (κ3) is 6.23. The highest BCUT2D eigenvalue weighted by atomic mass is 35.5. The van der Waals surface area contributed by atoms with Crippen LogP contribution < -0.4 is 5.32 Å². The fourth-order valence-corrected chi connectivity index (χ4v) is 2.57. The van der Waals surface area contributed by atoms with Gasteiger partial charge in [0.2, 0.25) is 0 Å². The van der Waals surface area contributed by atoms with E-state index >= 15 is 0 Å². The summed E-state index contributed by atoms with van der Waals surface area (Å²) in [6.07, 6.45) is 3.38. The van der Waals surface area contributed by atoms with Crippen LogP contribution in [0.25, 0.3) is 0 Å². The molecule has 0 aliphatic heterocycles. The molecule has 0 bridgehead atoms. The number of halogens is 1. The van der Waals surface area contributed by atoms with Gasteiger partial charge in [0, 0.05) is 24.2 Å². The van der Waals surface area contributed by atoms with Gasteiger partial charge in [-0.15, -0.1) is 0 Å². The monoisotopic (exact) mass is 298 g/mol. The summed E-state index contributed by atoms with van der Waals surface area (Å²) in [5.74, 6) is 0. The SMILES string of the molecule is CCCCN(CCO)CCC(NC)c1cccc(Cl)c1. The molecular formula is C16H27ClN2O. The van der Waals surface area contributed by atoms with Crippen molar-refractivity contribution >= 4 is 11.6 Å². The lowest BCUT2D eigenvalue weighted by atomic mass is 10.0. The number of nitrogens with one attached hydrogen (secondary N) is 1. The molecule has 20 heavy (non-hydrogen) atoms. The maximum absolute atomic E-state index is 9.14. The van der Waals surface area contributed by atoms with Gasteiger partial charge in [-0.05, 0) is 44.1 Å². The molecule has 2 N–H and O–H groups in total. The van der Waals surface area contributed by atoms with Crippen molar-refractivity contribution in [1.29, 1.82) is 0 Å². The molecule has 0 saturated carbocycles. The molecule has 4 heteroatoms. The van der Waals surface area contributed by atoms with E-state index in [-0.39, 0.29) is 6.61 Å². The molecule has 3 nitrogen and oxygen atoms in total. The zero-order valence-corrected chi connectivity index (χ0v) is 13.4. The van der Waals surface area contributed by atoms with Gasteiger partial charge in [-0.3, -0.25) is 0 Å². The summed E-state index contributed by atoms with van der Waals surface area (Å²) >= 11 is 6.06. The molecule has 0 fully saturated rings. The van der Waals surface area contributed by atoms with E-state index in [2.05, 4.69) is 23.2 Å². The zero-order chi connectivity index (χ0) is 14.8. The Morgan fingerprint density at radius 2 is 2.10 bits per heavy atom. The average Bonchev–Trinajstić information content (AvgIpc) is 2.45. The van der Waals surface area contributed by atoms with Crippen LogP contribution >= 0.6 is 11.6 Å². The summed E-state index contributed by atoms with van der Waals surface area (Å²) in [5, 5.41) is 13.3. The Hall–Kier alpha value is -0.610.